The van der Waals surface area contributed by atoms with E-state index in [9.17, 15) is 26.3 Å². The summed E-state index contributed by atoms with van der Waals surface area (Å²) in [6.45, 7) is 0. The van der Waals surface area contributed by atoms with Crippen LogP contribution in [0.25, 0.3) is 0 Å². The third kappa shape index (κ3) is 2.37. The minimum Gasteiger partial charge on any atom is -0.494 e. The van der Waals surface area contributed by atoms with Crippen molar-refractivity contribution in [2.24, 2.45) is 0 Å². The summed E-state index contributed by atoms with van der Waals surface area (Å²) in [6, 6.07) is 0.207. The molecule has 1 aromatic rings. The number of nitrogens with zero attached hydrogens (tertiary/aromatic N) is 1. The average molecular weight is 245 g/mol. The van der Waals surface area contributed by atoms with Gasteiger partial charge in [-0.1, -0.05) is 0 Å². The van der Waals surface area contributed by atoms with Gasteiger partial charge in [0.25, 0.3) is 6.43 Å². The average Bonchev–Trinajstić information content (AvgIpc) is 2.14. The number of hydrogen-bond acceptors (Lipinski definition) is 2. The zero-order valence-electron chi connectivity index (χ0n) is 7.78. The molecule has 0 atom stereocenters. The van der Waals surface area contributed by atoms with E-state index in [0.717, 1.165) is 7.11 Å². The van der Waals surface area contributed by atoms with Crippen LogP contribution < -0.4 is 4.74 Å². The molecule has 0 aliphatic heterocycles. The molecule has 0 amide bonds. The summed E-state index contributed by atoms with van der Waals surface area (Å²) in [5.41, 5.74) is -2.98. The zero-order chi connectivity index (χ0) is 12.5. The first-order chi connectivity index (χ1) is 7.27. The third-order valence-corrected chi connectivity index (χ3v) is 1.68. The Morgan fingerprint density at radius 2 is 1.88 bits per heavy atom. The van der Waals surface area contributed by atoms with Gasteiger partial charge in [-0.25, -0.2) is 13.8 Å². The zero-order valence-corrected chi connectivity index (χ0v) is 7.78. The van der Waals surface area contributed by atoms with Crippen LogP contribution >= 0.6 is 0 Å². The molecule has 1 rings (SSSR count). The second kappa shape index (κ2) is 4.18. The molecule has 90 valence electrons. The Bertz CT molecular complexity index is 389. The molecule has 0 aliphatic carbocycles. The van der Waals surface area contributed by atoms with Crippen molar-refractivity contribution in [3.8, 4) is 5.75 Å². The maximum Gasteiger partial charge on any atom is 0.437 e. The van der Waals surface area contributed by atoms with Crippen LogP contribution in [-0.2, 0) is 6.18 Å². The van der Waals surface area contributed by atoms with Crippen LogP contribution in [0, 0.1) is 5.95 Å². The Morgan fingerprint density at radius 1 is 1.31 bits per heavy atom. The monoisotopic (exact) mass is 245 g/mol. The van der Waals surface area contributed by atoms with E-state index in [0.29, 0.717) is 0 Å². The molecule has 0 radical (unpaired) electrons. The number of hydrogen-bond donors (Lipinski definition) is 0. The van der Waals surface area contributed by atoms with Crippen molar-refractivity contribution in [2.75, 3.05) is 7.11 Å². The SMILES string of the molecule is COc1c(C(F)F)cc(F)nc1C(F)(F)F. The normalized spacial score (nSPS) is 12.0. The van der Waals surface area contributed by atoms with Gasteiger partial charge in [0, 0.05) is 6.07 Å². The Morgan fingerprint density at radius 3 is 2.25 bits per heavy atom. The van der Waals surface area contributed by atoms with Crippen LogP contribution in [-0.4, -0.2) is 12.1 Å². The topological polar surface area (TPSA) is 22.1 Å². The molecule has 0 aliphatic rings. The molecule has 0 unspecified atom stereocenters. The lowest BCUT2D eigenvalue weighted by molar-refractivity contribution is -0.143. The van der Waals surface area contributed by atoms with E-state index in [-0.39, 0.29) is 6.07 Å². The highest BCUT2D eigenvalue weighted by Crippen LogP contribution is 2.39. The summed E-state index contributed by atoms with van der Waals surface area (Å²) in [7, 11) is 0.774. The Balaban J connectivity index is 3.49. The molecule has 0 spiro atoms. The van der Waals surface area contributed by atoms with Gasteiger partial charge in [-0.15, -0.1) is 0 Å². The van der Waals surface area contributed by atoms with Gasteiger partial charge >= 0.3 is 6.18 Å². The highest BCUT2D eigenvalue weighted by atomic mass is 19.4. The summed E-state index contributed by atoms with van der Waals surface area (Å²) < 4.78 is 78.4. The summed E-state index contributed by atoms with van der Waals surface area (Å²) in [5, 5.41) is 0. The molecule has 0 aromatic carbocycles. The van der Waals surface area contributed by atoms with Gasteiger partial charge in [0.05, 0.1) is 12.7 Å². The predicted molar refractivity (Wildman–Crippen MR) is 40.7 cm³/mol. The van der Waals surface area contributed by atoms with Crippen LogP contribution in [0.5, 0.6) is 5.75 Å². The molecular weight excluding hydrogens is 240 g/mol. The minimum atomic E-state index is -5.06. The summed E-state index contributed by atoms with van der Waals surface area (Å²) in [5.74, 6) is -2.80. The quantitative estimate of drug-likeness (QED) is 0.589. The fourth-order valence-corrected chi connectivity index (χ4v) is 1.09. The molecule has 1 heterocycles. The van der Waals surface area contributed by atoms with Gasteiger partial charge in [-0.2, -0.15) is 17.6 Å². The van der Waals surface area contributed by atoms with E-state index in [1.165, 1.54) is 0 Å². The van der Waals surface area contributed by atoms with Crippen LogP contribution in [0.3, 0.4) is 0 Å². The van der Waals surface area contributed by atoms with Crippen molar-refractivity contribution >= 4 is 0 Å². The molecule has 8 heteroatoms. The number of aromatic nitrogens is 1. The molecule has 0 bridgehead atoms. The number of pyridine rings is 1. The first-order valence-corrected chi connectivity index (χ1v) is 3.87. The van der Waals surface area contributed by atoms with Crippen LogP contribution in [0.4, 0.5) is 26.3 Å². The first kappa shape index (κ1) is 12.6. The maximum absolute atomic E-state index is 12.6. The number of ether oxygens (including phenoxy) is 1. The smallest absolute Gasteiger partial charge is 0.437 e. The predicted octanol–water partition coefficient (Wildman–Crippen LogP) is 3.19. The number of halogens is 6. The molecule has 0 saturated carbocycles. The molecule has 16 heavy (non-hydrogen) atoms. The largest absolute Gasteiger partial charge is 0.494 e. The minimum absolute atomic E-state index is 0.207. The second-order valence-corrected chi connectivity index (χ2v) is 2.71. The van der Waals surface area contributed by atoms with Crippen molar-refractivity contribution in [3.63, 3.8) is 0 Å². The summed E-state index contributed by atoms with van der Waals surface area (Å²) in [4.78, 5) is 2.51. The van der Waals surface area contributed by atoms with E-state index in [1.807, 2.05) is 0 Å². The first-order valence-electron chi connectivity index (χ1n) is 3.87. The van der Waals surface area contributed by atoms with Gasteiger partial charge < -0.3 is 4.74 Å². The lowest BCUT2D eigenvalue weighted by Gasteiger charge is -2.14. The molecule has 0 fully saturated rings. The molecule has 2 nitrogen and oxygen atoms in total. The van der Waals surface area contributed by atoms with Crippen molar-refractivity contribution in [3.05, 3.63) is 23.3 Å². The second-order valence-electron chi connectivity index (χ2n) is 2.71. The Labute approximate surface area is 85.9 Å². The van der Waals surface area contributed by atoms with E-state index in [1.54, 1.807) is 0 Å². The van der Waals surface area contributed by atoms with Crippen LogP contribution in [0.1, 0.15) is 17.7 Å². The number of alkyl halides is 5. The van der Waals surface area contributed by atoms with E-state index >= 15 is 0 Å². The van der Waals surface area contributed by atoms with Crippen LogP contribution in [0.2, 0.25) is 0 Å². The van der Waals surface area contributed by atoms with Gasteiger partial charge in [-0.05, 0) is 0 Å². The van der Waals surface area contributed by atoms with E-state index in [4.69, 9.17) is 0 Å². The highest BCUT2D eigenvalue weighted by molar-refractivity contribution is 5.39. The third-order valence-electron chi connectivity index (χ3n) is 1.68. The van der Waals surface area contributed by atoms with Crippen molar-refractivity contribution < 1.29 is 31.1 Å². The molecule has 0 saturated heterocycles. The Hall–Kier alpha value is -1.47. The molecule has 0 N–H and O–H groups in total. The standard InChI is InChI=1S/C8H5F6NO/c1-16-5-3(7(10)11)2-4(9)15-6(5)8(12,13)14/h2,7H,1H3. The fraction of sp³-hybridized carbons (Fsp3) is 0.375. The van der Waals surface area contributed by atoms with E-state index in [2.05, 4.69) is 9.72 Å². The maximum atomic E-state index is 12.6. The van der Waals surface area contributed by atoms with Crippen molar-refractivity contribution in [1.82, 2.24) is 4.98 Å². The summed E-state index contributed by atoms with van der Waals surface area (Å²) in [6.07, 6.45) is -8.34. The van der Waals surface area contributed by atoms with Gasteiger partial charge in [0.2, 0.25) is 5.95 Å². The Kier molecular flexibility index (Phi) is 3.30. The highest BCUT2D eigenvalue weighted by Gasteiger charge is 2.39. The number of methoxy groups -OCH3 is 1. The fourth-order valence-electron chi connectivity index (χ4n) is 1.09. The van der Waals surface area contributed by atoms with Crippen molar-refractivity contribution in [2.45, 2.75) is 12.6 Å². The van der Waals surface area contributed by atoms with E-state index < -0.39 is 35.6 Å². The lowest BCUT2D eigenvalue weighted by atomic mass is 10.2. The van der Waals surface area contributed by atoms with Gasteiger partial charge in [-0.3, -0.25) is 0 Å². The number of rotatable bonds is 2. The lowest BCUT2D eigenvalue weighted by Crippen LogP contribution is -2.13. The summed E-state index contributed by atoms with van der Waals surface area (Å²) >= 11 is 0. The molecule has 1 aromatic heterocycles. The van der Waals surface area contributed by atoms with Gasteiger partial charge in [0.1, 0.15) is 0 Å². The van der Waals surface area contributed by atoms with Gasteiger partial charge in [0.15, 0.2) is 11.4 Å². The molecular formula is C8H5F6NO. The van der Waals surface area contributed by atoms with Crippen LogP contribution in [0.15, 0.2) is 6.07 Å². The van der Waals surface area contributed by atoms with Crippen molar-refractivity contribution in [1.29, 1.82) is 0 Å².